The Balaban J connectivity index is 1.85. The lowest BCUT2D eigenvalue weighted by atomic mass is 10.1. The molecular formula is C17H12N2O. The van der Waals surface area contributed by atoms with Crippen LogP contribution in [0.2, 0.25) is 0 Å². The fraction of sp³-hybridized carbons (Fsp3) is 0. The van der Waals surface area contributed by atoms with Gasteiger partial charge in [-0.05, 0) is 29.7 Å². The summed E-state index contributed by atoms with van der Waals surface area (Å²) in [5, 5.41) is 4.02. The molecule has 0 aliphatic carbocycles. The van der Waals surface area contributed by atoms with E-state index in [4.69, 9.17) is 0 Å². The summed E-state index contributed by atoms with van der Waals surface area (Å²) in [7, 11) is 0. The van der Waals surface area contributed by atoms with E-state index in [9.17, 15) is 4.79 Å². The number of aromatic nitrogens is 1. The van der Waals surface area contributed by atoms with Crippen molar-refractivity contribution in [1.82, 2.24) is 4.98 Å². The molecule has 2 N–H and O–H groups in total. The lowest BCUT2D eigenvalue weighted by Gasteiger charge is -1.96. The van der Waals surface area contributed by atoms with Gasteiger partial charge in [0, 0.05) is 22.5 Å². The van der Waals surface area contributed by atoms with Crippen LogP contribution in [0.25, 0.3) is 22.6 Å². The quantitative estimate of drug-likeness (QED) is 0.644. The summed E-state index contributed by atoms with van der Waals surface area (Å²) < 4.78 is 0. The Bertz CT molecular complexity index is 825. The van der Waals surface area contributed by atoms with E-state index in [2.05, 4.69) is 22.4 Å². The SMILES string of the molecule is O=C1Nc2ccccc2C1=Cc1cc2ccccc2[nH]1. The van der Waals surface area contributed by atoms with Crippen LogP contribution in [0.4, 0.5) is 5.69 Å². The maximum atomic E-state index is 12.1. The van der Waals surface area contributed by atoms with Crippen LogP contribution in [-0.4, -0.2) is 10.9 Å². The lowest BCUT2D eigenvalue weighted by Crippen LogP contribution is -2.03. The van der Waals surface area contributed by atoms with Crippen molar-refractivity contribution in [3.63, 3.8) is 0 Å². The molecule has 0 saturated carbocycles. The third-order valence-electron chi connectivity index (χ3n) is 3.56. The van der Waals surface area contributed by atoms with E-state index in [-0.39, 0.29) is 5.91 Å². The molecule has 0 bridgehead atoms. The van der Waals surface area contributed by atoms with Crippen LogP contribution < -0.4 is 5.32 Å². The van der Waals surface area contributed by atoms with Gasteiger partial charge in [0.05, 0.1) is 5.57 Å². The Morgan fingerprint density at radius 2 is 1.75 bits per heavy atom. The number of fused-ring (bicyclic) bond motifs is 2. The lowest BCUT2D eigenvalue weighted by molar-refractivity contribution is -0.110. The summed E-state index contributed by atoms with van der Waals surface area (Å²) >= 11 is 0. The van der Waals surface area contributed by atoms with Gasteiger partial charge in [-0.1, -0.05) is 36.4 Å². The standard InChI is InChI=1S/C17H12N2O/c20-17-14(13-6-2-4-8-16(13)19-17)10-12-9-11-5-1-3-7-15(11)18-12/h1-10,18H,(H,19,20). The summed E-state index contributed by atoms with van der Waals surface area (Å²) in [6.45, 7) is 0. The number of carbonyl (C=O) groups is 1. The van der Waals surface area contributed by atoms with Crippen molar-refractivity contribution in [3.8, 4) is 0 Å². The molecule has 1 amide bonds. The number of benzene rings is 2. The van der Waals surface area contributed by atoms with E-state index >= 15 is 0 Å². The number of H-pyrrole nitrogens is 1. The maximum absolute atomic E-state index is 12.1. The van der Waals surface area contributed by atoms with E-state index in [0.717, 1.165) is 27.8 Å². The average Bonchev–Trinajstić information content (AvgIpc) is 3.00. The van der Waals surface area contributed by atoms with Crippen molar-refractivity contribution in [2.45, 2.75) is 0 Å². The monoisotopic (exact) mass is 260 g/mol. The average molecular weight is 260 g/mol. The molecule has 0 saturated heterocycles. The van der Waals surface area contributed by atoms with E-state index in [1.807, 2.05) is 48.5 Å². The zero-order valence-corrected chi connectivity index (χ0v) is 10.7. The minimum absolute atomic E-state index is 0.0511. The van der Waals surface area contributed by atoms with Gasteiger partial charge in [0.25, 0.3) is 5.91 Å². The molecule has 0 spiro atoms. The van der Waals surface area contributed by atoms with Crippen LogP contribution in [0.5, 0.6) is 0 Å². The van der Waals surface area contributed by atoms with Gasteiger partial charge < -0.3 is 10.3 Å². The topological polar surface area (TPSA) is 44.9 Å². The zero-order chi connectivity index (χ0) is 13.5. The van der Waals surface area contributed by atoms with Crippen molar-refractivity contribution >= 4 is 34.1 Å². The van der Waals surface area contributed by atoms with Crippen molar-refractivity contribution in [1.29, 1.82) is 0 Å². The molecule has 0 unspecified atom stereocenters. The predicted molar refractivity (Wildman–Crippen MR) is 81.2 cm³/mol. The maximum Gasteiger partial charge on any atom is 0.256 e. The van der Waals surface area contributed by atoms with Gasteiger partial charge in [0.1, 0.15) is 0 Å². The first-order valence-electron chi connectivity index (χ1n) is 6.51. The third kappa shape index (κ3) is 1.64. The van der Waals surface area contributed by atoms with Gasteiger partial charge in [-0.25, -0.2) is 0 Å². The molecule has 96 valence electrons. The largest absolute Gasteiger partial charge is 0.355 e. The van der Waals surface area contributed by atoms with Crippen LogP contribution in [0.15, 0.2) is 54.6 Å². The number of aromatic amines is 1. The highest BCUT2D eigenvalue weighted by Gasteiger charge is 2.23. The van der Waals surface area contributed by atoms with Gasteiger partial charge >= 0.3 is 0 Å². The highest BCUT2D eigenvalue weighted by Crippen LogP contribution is 2.32. The van der Waals surface area contributed by atoms with E-state index in [0.29, 0.717) is 5.57 Å². The Hall–Kier alpha value is -2.81. The second kappa shape index (κ2) is 4.10. The minimum atomic E-state index is -0.0511. The van der Waals surface area contributed by atoms with Crippen LogP contribution in [0.1, 0.15) is 11.3 Å². The molecule has 3 nitrogen and oxygen atoms in total. The first-order valence-corrected chi connectivity index (χ1v) is 6.51. The molecule has 0 radical (unpaired) electrons. The van der Waals surface area contributed by atoms with Gasteiger partial charge in [-0.2, -0.15) is 0 Å². The van der Waals surface area contributed by atoms with Crippen LogP contribution in [-0.2, 0) is 4.79 Å². The Morgan fingerprint density at radius 1 is 0.950 bits per heavy atom. The summed E-state index contributed by atoms with van der Waals surface area (Å²) in [6.07, 6.45) is 1.90. The summed E-state index contributed by atoms with van der Waals surface area (Å²) in [5.74, 6) is -0.0511. The normalized spacial score (nSPS) is 15.6. The number of carbonyl (C=O) groups excluding carboxylic acids is 1. The second-order valence-electron chi connectivity index (χ2n) is 4.87. The number of anilines is 1. The van der Waals surface area contributed by atoms with Crippen molar-refractivity contribution in [3.05, 3.63) is 65.9 Å². The molecule has 0 atom stereocenters. The molecule has 20 heavy (non-hydrogen) atoms. The second-order valence-corrected chi connectivity index (χ2v) is 4.87. The molecule has 2 heterocycles. The summed E-state index contributed by atoms with van der Waals surface area (Å²) in [6, 6.07) is 17.9. The molecule has 1 aliphatic rings. The number of hydrogen-bond donors (Lipinski definition) is 2. The fourth-order valence-corrected chi connectivity index (χ4v) is 2.61. The first-order chi connectivity index (χ1) is 9.81. The van der Waals surface area contributed by atoms with Crippen molar-refractivity contribution in [2.75, 3.05) is 5.32 Å². The molecule has 1 aromatic heterocycles. The Labute approximate surface area is 115 Å². The molecule has 2 aromatic carbocycles. The minimum Gasteiger partial charge on any atom is -0.355 e. The summed E-state index contributed by atoms with van der Waals surface area (Å²) in [4.78, 5) is 15.4. The number of rotatable bonds is 1. The molecule has 3 heteroatoms. The molecular weight excluding hydrogens is 248 g/mol. The Kier molecular flexibility index (Phi) is 2.27. The first kappa shape index (κ1) is 11.1. The number of hydrogen-bond acceptors (Lipinski definition) is 1. The van der Waals surface area contributed by atoms with E-state index < -0.39 is 0 Å². The zero-order valence-electron chi connectivity index (χ0n) is 10.7. The molecule has 3 aromatic rings. The van der Waals surface area contributed by atoms with E-state index in [1.165, 1.54) is 0 Å². The van der Waals surface area contributed by atoms with Crippen LogP contribution in [0, 0.1) is 0 Å². The van der Waals surface area contributed by atoms with Gasteiger partial charge in [0.15, 0.2) is 0 Å². The van der Waals surface area contributed by atoms with Gasteiger partial charge in [-0.15, -0.1) is 0 Å². The van der Waals surface area contributed by atoms with Gasteiger partial charge in [0.2, 0.25) is 0 Å². The predicted octanol–water partition coefficient (Wildman–Crippen LogP) is 3.66. The number of para-hydroxylation sites is 2. The van der Waals surface area contributed by atoms with E-state index in [1.54, 1.807) is 0 Å². The van der Waals surface area contributed by atoms with Crippen molar-refractivity contribution in [2.24, 2.45) is 0 Å². The third-order valence-corrected chi connectivity index (χ3v) is 3.56. The smallest absolute Gasteiger partial charge is 0.256 e. The highest BCUT2D eigenvalue weighted by molar-refractivity contribution is 6.34. The summed E-state index contributed by atoms with van der Waals surface area (Å²) in [5.41, 5.74) is 4.54. The van der Waals surface area contributed by atoms with Crippen LogP contribution >= 0.6 is 0 Å². The molecule has 4 rings (SSSR count). The molecule has 1 aliphatic heterocycles. The van der Waals surface area contributed by atoms with Gasteiger partial charge in [-0.3, -0.25) is 4.79 Å². The number of nitrogens with one attached hydrogen (secondary N) is 2. The molecule has 0 fully saturated rings. The number of amides is 1. The highest BCUT2D eigenvalue weighted by atomic mass is 16.2. The Morgan fingerprint density at radius 3 is 2.65 bits per heavy atom. The fourth-order valence-electron chi connectivity index (χ4n) is 2.61. The van der Waals surface area contributed by atoms with Crippen LogP contribution in [0.3, 0.4) is 0 Å². The van der Waals surface area contributed by atoms with Crippen molar-refractivity contribution < 1.29 is 4.79 Å².